The van der Waals surface area contributed by atoms with Crippen LogP contribution in [0.3, 0.4) is 0 Å². The van der Waals surface area contributed by atoms with Crippen molar-refractivity contribution < 1.29 is 4.74 Å². The topological polar surface area (TPSA) is 38.5 Å². The van der Waals surface area contributed by atoms with Crippen molar-refractivity contribution in [1.82, 2.24) is 4.90 Å². The average molecular weight is 343 g/mol. The molecule has 0 aromatic heterocycles. The lowest BCUT2D eigenvalue weighted by molar-refractivity contribution is 0.138. The zero-order valence-electron chi connectivity index (χ0n) is 13.2. The Bertz CT molecular complexity index is 421. The molecule has 20 heavy (non-hydrogen) atoms. The van der Waals surface area contributed by atoms with Gasteiger partial charge in [-0.05, 0) is 53.4 Å². The van der Waals surface area contributed by atoms with Gasteiger partial charge in [0.2, 0.25) is 0 Å². The van der Waals surface area contributed by atoms with Gasteiger partial charge in [0.05, 0.1) is 11.6 Å². The molecule has 0 aliphatic carbocycles. The fourth-order valence-corrected chi connectivity index (χ4v) is 3.03. The normalized spacial score (nSPS) is 13.3. The second-order valence-corrected chi connectivity index (χ2v) is 6.68. The zero-order chi connectivity index (χ0) is 15.3. The molecule has 0 bridgehead atoms. The molecule has 0 saturated heterocycles. The number of hydrogen-bond donors (Lipinski definition) is 1. The Balaban J connectivity index is 3.06. The van der Waals surface area contributed by atoms with E-state index in [0.717, 1.165) is 16.8 Å². The first-order chi connectivity index (χ1) is 9.40. The van der Waals surface area contributed by atoms with E-state index in [1.165, 1.54) is 5.56 Å². The summed E-state index contributed by atoms with van der Waals surface area (Å²) in [4.78, 5) is 2.47. The van der Waals surface area contributed by atoms with E-state index in [9.17, 15) is 0 Å². The standard InChI is InChI=1S/C16H27BrN2O/c1-11(2)10-19(12(3)4)15(9-18)13-6-7-16(20-5)14(17)8-13/h6-8,11-12,15H,9-10,18H2,1-5H3. The van der Waals surface area contributed by atoms with Crippen LogP contribution in [-0.2, 0) is 0 Å². The monoisotopic (exact) mass is 342 g/mol. The van der Waals surface area contributed by atoms with E-state index in [1.54, 1.807) is 7.11 Å². The van der Waals surface area contributed by atoms with E-state index in [1.807, 2.05) is 6.07 Å². The molecule has 1 rings (SSSR count). The molecule has 1 atom stereocenters. The van der Waals surface area contributed by atoms with Crippen LogP contribution < -0.4 is 10.5 Å². The molecule has 1 aromatic carbocycles. The summed E-state index contributed by atoms with van der Waals surface area (Å²) >= 11 is 3.56. The maximum atomic E-state index is 6.05. The summed E-state index contributed by atoms with van der Waals surface area (Å²) in [5.41, 5.74) is 7.28. The molecule has 0 aliphatic heterocycles. The van der Waals surface area contributed by atoms with Crippen molar-refractivity contribution in [2.24, 2.45) is 11.7 Å². The molecule has 0 spiro atoms. The van der Waals surface area contributed by atoms with Gasteiger partial charge in [0.25, 0.3) is 0 Å². The Labute approximate surface area is 131 Å². The number of nitrogens with zero attached hydrogens (tertiary/aromatic N) is 1. The minimum Gasteiger partial charge on any atom is -0.496 e. The molecule has 0 heterocycles. The Kier molecular flexibility index (Phi) is 7.00. The van der Waals surface area contributed by atoms with Crippen LogP contribution in [0.2, 0.25) is 0 Å². The molecule has 3 nitrogen and oxygen atoms in total. The summed E-state index contributed by atoms with van der Waals surface area (Å²) in [5, 5.41) is 0. The molecule has 0 radical (unpaired) electrons. The van der Waals surface area contributed by atoms with Crippen molar-refractivity contribution in [1.29, 1.82) is 0 Å². The summed E-state index contributed by atoms with van der Waals surface area (Å²) in [6, 6.07) is 6.92. The predicted octanol–water partition coefficient (Wildman–Crippen LogP) is 3.82. The van der Waals surface area contributed by atoms with Crippen molar-refractivity contribution in [3.63, 3.8) is 0 Å². The van der Waals surface area contributed by atoms with Gasteiger partial charge in [0, 0.05) is 25.2 Å². The number of rotatable bonds is 7. The molecule has 1 unspecified atom stereocenters. The summed E-state index contributed by atoms with van der Waals surface area (Å²) < 4.78 is 6.27. The second-order valence-electron chi connectivity index (χ2n) is 5.83. The third-order valence-electron chi connectivity index (χ3n) is 3.42. The number of ether oxygens (including phenoxy) is 1. The van der Waals surface area contributed by atoms with Gasteiger partial charge in [-0.25, -0.2) is 0 Å². The summed E-state index contributed by atoms with van der Waals surface area (Å²) in [6.07, 6.45) is 0. The Morgan fingerprint density at radius 2 is 1.90 bits per heavy atom. The van der Waals surface area contributed by atoms with Crippen LogP contribution in [0.1, 0.15) is 39.3 Å². The van der Waals surface area contributed by atoms with E-state index in [2.05, 4.69) is 60.7 Å². The molecule has 0 saturated carbocycles. The summed E-state index contributed by atoms with van der Waals surface area (Å²) in [5.74, 6) is 1.47. The Morgan fingerprint density at radius 1 is 1.25 bits per heavy atom. The molecule has 0 fully saturated rings. The zero-order valence-corrected chi connectivity index (χ0v) is 14.8. The summed E-state index contributed by atoms with van der Waals surface area (Å²) in [6.45, 7) is 10.6. The van der Waals surface area contributed by atoms with E-state index in [0.29, 0.717) is 18.5 Å². The quantitative estimate of drug-likeness (QED) is 0.818. The van der Waals surface area contributed by atoms with Gasteiger partial charge in [0.15, 0.2) is 0 Å². The van der Waals surface area contributed by atoms with Crippen LogP contribution >= 0.6 is 15.9 Å². The van der Waals surface area contributed by atoms with Crippen molar-refractivity contribution >= 4 is 15.9 Å². The van der Waals surface area contributed by atoms with Crippen LogP contribution in [0.15, 0.2) is 22.7 Å². The van der Waals surface area contributed by atoms with Crippen LogP contribution in [0.4, 0.5) is 0 Å². The van der Waals surface area contributed by atoms with Crippen LogP contribution in [0, 0.1) is 5.92 Å². The fourth-order valence-electron chi connectivity index (χ4n) is 2.47. The lowest BCUT2D eigenvalue weighted by Gasteiger charge is -2.36. The molecular weight excluding hydrogens is 316 g/mol. The van der Waals surface area contributed by atoms with E-state index in [-0.39, 0.29) is 6.04 Å². The van der Waals surface area contributed by atoms with Crippen molar-refractivity contribution in [2.45, 2.75) is 39.8 Å². The van der Waals surface area contributed by atoms with Gasteiger partial charge in [-0.15, -0.1) is 0 Å². The SMILES string of the molecule is COc1ccc(C(CN)N(CC(C)C)C(C)C)cc1Br. The smallest absolute Gasteiger partial charge is 0.133 e. The Morgan fingerprint density at radius 3 is 2.30 bits per heavy atom. The molecule has 2 N–H and O–H groups in total. The maximum Gasteiger partial charge on any atom is 0.133 e. The van der Waals surface area contributed by atoms with Crippen molar-refractivity contribution in [3.05, 3.63) is 28.2 Å². The lowest BCUT2D eigenvalue weighted by atomic mass is 10.0. The molecule has 0 amide bonds. The highest BCUT2D eigenvalue weighted by molar-refractivity contribution is 9.10. The molecule has 1 aromatic rings. The minimum absolute atomic E-state index is 0.236. The van der Waals surface area contributed by atoms with Crippen molar-refractivity contribution in [3.8, 4) is 5.75 Å². The lowest BCUT2D eigenvalue weighted by Crippen LogP contribution is -2.40. The van der Waals surface area contributed by atoms with Gasteiger partial charge in [-0.2, -0.15) is 0 Å². The predicted molar refractivity (Wildman–Crippen MR) is 89.2 cm³/mol. The third kappa shape index (κ3) is 4.47. The van der Waals surface area contributed by atoms with E-state index >= 15 is 0 Å². The third-order valence-corrected chi connectivity index (χ3v) is 4.04. The second kappa shape index (κ2) is 8.01. The fraction of sp³-hybridized carbons (Fsp3) is 0.625. The first kappa shape index (κ1) is 17.5. The van der Waals surface area contributed by atoms with Gasteiger partial charge in [0.1, 0.15) is 5.75 Å². The number of methoxy groups -OCH3 is 1. The van der Waals surface area contributed by atoms with E-state index in [4.69, 9.17) is 10.5 Å². The number of benzene rings is 1. The van der Waals surface area contributed by atoms with Gasteiger partial charge in [-0.1, -0.05) is 19.9 Å². The first-order valence-corrected chi connectivity index (χ1v) is 7.99. The number of hydrogen-bond acceptors (Lipinski definition) is 3. The van der Waals surface area contributed by atoms with Gasteiger partial charge < -0.3 is 10.5 Å². The highest BCUT2D eigenvalue weighted by Gasteiger charge is 2.23. The molecule has 4 heteroatoms. The minimum atomic E-state index is 0.236. The molecule has 114 valence electrons. The average Bonchev–Trinajstić information content (AvgIpc) is 2.38. The van der Waals surface area contributed by atoms with Gasteiger partial charge >= 0.3 is 0 Å². The van der Waals surface area contributed by atoms with Crippen LogP contribution in [0.25, 0.3) is 0 Å². The maximum absolute atomic E-state index is 6.05. The highest BCUT2D eigenvalue weighted by Crippen LogP contribution is 2.31. The Hall–Kier alpha value is -0.580. The largest absolute Gasteiger partial charge is 0.496 e. The molecule has 0 aliphatic rings. The van der Waals surface area contributed by atoms with Crippen LogP contribution in [-0.4, -0.2) is 31.1 Å². The highest BCUT2D eigenvalue weighted by atomic mass is 79.9. The van der Waals surface area contributed by atoms with Gasteiger partial charge in [-0.3, -0.25) is 4.90 Å². The van der Waals surface area contributed by atoms with Crippen molar-refractivity contribution in [2.75, 3.05) is 20.2 Å². The number of halogens is 1. The number of nitrogens with two attached hydrogens (primary N) is 1. The first-order valence-electron chi connectivity index (χ1n) is 7.19. The molecular formula is C16H27BrN2O. The van der Waals surface area contributed by atoms with E-state index < -0.39 is 0 Å². The van der Waals surface area contributed by atoms with Crippen LogP contribution in [0.5, 0.6) is 5.75 Å². The summed E-state index contributed by atoms with van der Waals surface area (Å²) in [7, 11) is 1.68.